The largest absolute Gasteiger partial charge is 0.496 e. The van der Waals surface area contributed by atoms with Crippen LogP contribution in [0.15, 0.2) is 71.6 Å². The van der Waals surface area contributed by atoms with Crippen LogP contribution in [0.4, 0.5) is 0 Å². The van der Waals surface area contributed by atoms with E-state index < -0.39 is 34.0 Å². The normalized spacial score (nSPS) is 15.2. The van der Waals surface area contributed by atoms with Crippen LogP contribution >= 0.6 is 0 Å². The molecule has 1 fully saturated rings. The Morgan fingerprint density at radius 3 is 1.94 bits per heavy atom. The van der Waals surface area contributed by atoms with Crippen LogP contribution < -0.4 is 14.8 Å². The number of hydrogen-bond donors (Lipinski definition) is 1. The Balaban J connectivity index is 1.37. The van der Waals surface area contributed by atoms with Crippen molar-refractivity contribution in [3.8, 4) is 22.6 Å². The molecule has 0 bridgehead atoms. The molecular formula is C36H46N2O11S. The molecule has 0 radical (unpaired) electrons. The van der Waals surface area contributed by atoms with Crippen LogP contribution in [0.2, 0.25) is 0 Å². The summed E-state index contributed by atoms with van der Waals surface area (Å²) in [5, 5.41) is 2.71. The molecule has 1 aliphatic heterocycles. The lowest BCUT2D eigenvalue weighted by molar-refractivity contribution is -0.146. The van der Waals surface area contributed by atoms with Gasteiger partial charge in [0.15, 0.2) is 0 Å². The van der Waals surface area contributed by atoms with Gasteiger partial charge in [-0.15, -0.1) is 0 Å². The third-order valence-electron chi connectivity index (χ3n) is 8.12. The number of methoxy groups -OCH3 is 4. The van der Waals surface area contributed by atoms with Crippen molar-refractivity contribution < 1.29 is 51.2 Å². The van der Waals surface area contributed by atoms with E-state index in [1.807, 2.05) is 36.4 Å². The van der Waals surface area contributed by atoms with Gasteiger partial charge in [0.25, 0.3) is 0 Å². The Labute approximate surface area is 293 Å². The maximum Gasteiger partial charge on any atom is 0.328 e. The van der Waals surface area contributed by atoms with Crippen molar-refractivity contribution in [2.45, 2.75) is 36.4 Å². The Bertz CT molecular complexity index is 1610. The van der Waals surface area contributed by atoms with E-state index in [0.717, 1.165) is 26.6 Å². The molecule has 1 amide bonds. The molecule has 1 heterocycles. The zero-order chi connectivity index (χ0) is 35.9. The second-order valence-electron chi connectivity index (χ2n) is 11.4. The van der Waals surface area contributed by atoms with Crippen molar-refractivity contribution in [2.75, 3.05) is 74.6 Å². The van der Waals surface area contributed by atoms with Gasteiger partial charge in [0, 0.05) is 20.1 Å². The molecule has 3 aromatic rings. The number of amides is 1. The summed E-state index contributed by atoms with van der Waals surface area (Å²) < 4.78 is 65.4. The summed E-state index contributed by atoms with van der Waals surface area (Å²) in [6.45, 7) is 3.42. The summed E-state index contributed by atoms with van der Waals surface area (Å²) in [6.07, 6.45) is 0.474. The van der Waals surface area contributed by atoms with E-state index in [0.29, 0.717) is 64.2 Å². The van der Waals surface area contributed by atoms with Gasteiger partial charge in [0.05, 0.1) is 78.0 Å². The topological polar surface area (TPSA) is 148 Å². The number of carbonyl (C=O) groups excluding carboxylic acids is 2. The monoisotopic (exact) mass is 714 g/mol. The van der Waals surface area contributed by atoms with Crippen LogP contribution in [-0.4, -0.2) is 111 Å². The third kappa shape index (κ3) is 10.2. The number of carbonyl (C=O) groups is 2. The van der Waals surface area contributed by atoms with Crippen molar-refractivity contribution in [3.63, 3.8) is 0 Å². The van der Waals surface area contributed by atoms with Crippen LogP contribution in [0.1, 0.15) is 17.5 Å². The van der Waals surface area contributed by atoms with E-state index in [2.05, 4.69) is 5.32 Å². The molecule has 50 heavy (non-hydrogen) atoms. The van der Waals surface area contributed by atoms with Crippen molar-refractivity contribution >= 4 is 21.9 Å². The summed E-state index contributed by atoms with van der Waals surface area (Å²) in [7, 11) is 2.17. The zero-order valence-electron chi connectivity index (χ0n) is 28.9. The van der Waals surface area contributed by atoms with Crippen molar-refractivity contribution in [2.24, 2.45) is 0 Å². The van der Waals surface area contributed by atoms with Crippen molar-refractivity contribution in [1.82, 2.24) is 9.62 Å². The first-order valence-corrected chi connectivity index (χ1v) is 17.7. The molecule has 13 nitrogen and oxygen atoms in total. The minimum atomic E-state index is -3.86. The first kappa shape index (κ1) is 38.7. The van der Waals surface area contributed by atoms with Crippen LogP contribution in [0, 0.1) is 0 Å². The predicted molar refractivity (Wildman–Crippen MR) is 185 cm³/mol. The van der Waals surface area contributed by atoms with E-state index in [1.165, 1.54) is 19.2 Å². The van der Waals surface area contributed by atoms with Crippen LogP contribution in [0.5, 0.6) is 11.5 Å². The van der Waals surface area contributed by atoms with Crippen molar-refractivity contribution in [3.05, 3.63) is 77.9 Å². The molecule has 0 unspecified atom stereocenters. The summed E-state index contributed by atoms with van der Waals surface area (Å²) in [6, 6.07) is 17.2. The highest BCUT2D eigenvalue weighted by atomic mass is 32.2. The Morgan fingerprint density at radius 2 is 1.40 bits per heavy atom. The lowest BCUT2D eigenvalue weighted by atomic mass is 9.97. The summed E-state index contributed by atoms with van der Waals surface area (Å²) >= 11 is 0. The highest BCUT2D eigenvalue weighted by Gasteiger charge is 2.43. The summed E-state index contributed by atoms with van der Waals surface area (Å²) in [5.74, 6) is -0.0122. The minimum Gasteiger partial charge on any atom is -0.496 e. The quantitative estimate of drug-likeness (QED) is 0.128. The lowest BCUT2D eigenvalue weighted by Crippen LogP contribution is -2.60. The molecule has 272 valence electrons. The van der Waals surface area contributed by atoms with Gasteiger partial charge in [-0.25, -0.2) is 13.2 Å². The molecule has 1 N–H and O–H groups in total. The van der Waals surface area contributed by atoms with Gasteiger partial charge < -0.3 is 38.5 Å². The van der Waals surface area contributed by atoms with Crippen molar-refractivity contribution in [1.29, 1.82) is 0 Å². The second kappa shape index (κ2) is 19.4. The molecule has 14 heteroatoms. The number of esters is 1. The first-order chi connectivity index (χ1) is 24.2. The highest BCUT2D eigenvalue weighted by Crippen LogP contribution is 2.40. The number of nitrogens with one attached hydrogen (secondary N) is 1. The van der Waals surface area contributed by atoms with Gasteiger partial charge in [-0.05, 0) is 47.4 Å². The molecular weight excluding hydrogens is 668 g/mol. The van der Waals surface area contributed by atoms with Gasteiger partial charge in [-0.2, -0.15) is 4.31 Å². The van der Waals surface area contributed by atoms with Crippen LogP contribution in [0.25, 0.3) is 11.1 Å². The number of sulfonamides is 1. The maximum absolute atomic E-state index is 13.2. The fourth-order valence-electron chi connectivity index (χ4n) is 5.39. The van der Waals surface area contributed by atoms with Gasteiger partial charge in [0.2, 0.25) is 15.9 Å². The number of hydrogen-bond acceptors (Lipinski definition) is 11. The number of nitrogens with zero attached hydrogens (tertiary/aromatic N) is 1. The van der Waals surface area contributed by atoms with E-state index in [-0.39, 0.29) is 17.9 Å². The highest BCUT2D eigenvalue weighted by molar-refractivity contribution is 7.89. The second-order valence-corrected chi connectivity index (χ2v) is 13.3. The molecule has 4 rings (SSSR count). The van der Waals surface area contributed by atoms with E-state index in [9.17, 15) is 18.0 Å². The standard InChI is InChI=1S/C36H46N2O11S/c1-43-16-17-47-18-19-48-20-21-49-25-27-23-32(44-2)34(33(24-27)45-3)28-12-10-26(11-13-28)22-30(36(40)46-4)37-35(39)31-14-15-38(31)50(41,42)29-8-6-5-7-9-29/h5-13,23-24,30-31H,14-22,25H2,1-4H3,(H,37,39)/t30-,31-/m0/s1. The summed E-state index contributed by atoms with van der Waals surface area (Å²) in [4.78, 5) is 26.1. The average molecular weight is 715 g/mol. The Morgan fingerprint density at radius 1 is 0.800 bits per heavy atom. The fraction of sp³-hybridized carbons (Fsp3) is 0.444. The minimum absolute atomic E-state index is 0.107. The summed E-state index contributed by atoms with van der Waals surface area (Å²) in [5.41, 5.74) is 3.16. The molecule has 0 aliphatic carbocycles. The predicted octanol–water partition coefficient (Wildman–Crippen LogP) is 3.23. The molecule has 1 saturated heterocycles. The Hall–Kier alpha value is -4.05. The molecule has 0 saturated carbocycles. The zero-order valence-corrected chi connectivity index (χ0v) is 29.7. The molecule has 0 aromatic heterocycles. The fourth-order valence-corrected chi connectivity index (χ4v) is 7.05. The van der Waals surface area contributed by atoms with Gasteiger partial charge in [-0.3, -0.25) is 4.79 Å². The SMILES string of the molecule is COCCOCCOCCOCc1cc(OC)c(-c2ccc(C[C@H](NC(=O)[C@@H]3CCN3S(=O)(=O)c3ccccc3)C(=O)OC)cc2)c(OC)c1. The molecule has 1 aliphatic rings. The van der Waals surface area contributed by atoms with E-state index in [1.54, 1.807) is 39.5 Å². The number of rotatable bonds is 21. The van der Waals surface area contributed by atoms with Gasteiger partial charge >= 0.3 is 5.97 Å². The Kier molecular flexibility index (Phi) is 15.0. The van der Waals surface area contributed by atoms with Crippen LogP contribution in [0.3, 0.4) is 0 Å². The maximum atomic E-state index is 13.2. The van der Waals surface area contributed by atoms with E-state index in [4.69, 9.17) is 33.2 Å². The molecule has 0 spiro atoms. The average Bonchev–Trinajstić information content (AvgIpc) is 3.11. The third-order valence-corrected chi connectivity index (χ3v) is 10.0. The number of ether oxygens (including phenoxy) is 7. The lowest BCUT2D eigenvalue weighted by Gasteiger charge is -2.38. The smallest absolute Gasteiger partial charge is 0.328 e. The molecule has 3 aromatic carbocycles. The van der Waals surface area contributed by atoms with Gasteiger partial charge in [-0.1, -0.05) is 42.5 Å². The van der Waals surface area contributed by atoms with Gasteiger partial charge in [0.1, 0.15) is 23.6 Å². The first-order valence-electron chi connectivity index (χ1n) is 16.2. The van der Waals surface area contributed by atoms with Crippen LogP contribution in [-0.2, 0) is 56.3 Å². The van der Waals surface area contributed by atoms with E-state index >= 15 is 0 Å². The molecule has 2 atom stereocenters. The number of benzene rings is 3.